The Labute approximate surface area is 124 Å². The summed E-state index contributed by atoms with van der Waals surface area (Å²) < 4.78 is 0. The van der Waals surface area contributed by atoms with Crippen LogP contribution in [0.4, 0.5) is 4.79 Å². The monoisotopic (exact) mass is 300 g/mol. The lowest BCUT2D eigenvalue weighted by Gasteiger charge is -2.34. The third-order valence-corrected chi connectivity index (χ3v) is 4.24. The second-order valence-corrected chi connectivity index (χ2v) is 5.63. The summed E-state index contributed by atoms with van der Waals surface area (Å²) in [4.78, 5) is 35.1. The molecule has 1 aliphatic rings. The van der Waals surface area contributed by atoms with Gasteiger partial charge in [-0.3, -0.25) is 4.79 Å². The molecule has 120 valence electrons. The Bertz CT molecular complexity index is 391. The zero-order valence-electron chi connectivity index (χ0n) is 12.5. The number of hydrogen-bond donors (Lipinski definition) is 3. The fraction of sp³-hybridized carbons (Fsp3) is 0.786. The molecule has 0 bridgehead atoms. The molecule has 0 unspecified atom stereocenters. The van der Waals surface area contributed by atoms with Gasteiger partial charge in [0.25, 0.3) is 0 Å². The van der Waals surface area contributed by atoms with Crippen molar-refractivity contribution in [1.29, 1.82) is 0 Å². The van der Waals surface area contributed by atoms with Gasteiger partial charge in [0.15, 0.2) is 0 Å². The molecule has 3 N–H and O–H groups in total. The molecule has 21 heavy (non-hydrogen) atoms. The van der Waals surface area contributed by atoms with E-state index in [2.05, 4.69) is 12.2 Å². The maximum Gasteiger partial charge on any atom is 0.326 e. The molecule has 0 heterocycles. The molecule has 0 aromatic rings. The zero-order chi connectivity index (χ0) is 16.0. The Morgan fingerprint density at radius 3 is 2.19 bits per heavy atom. The first-order valence-corrected chi connectivity index (χ1v) is 7.33. The lowest BCUT2D eigenvalue weighted by Crippen LogP contribution is -2.51. The van der Waals surface area contributed by atoms with Crippen molar-refractivity contribution in [1.82, 2.24) is 10.2 Å². The van der Waals surface area contributed by atoms with E-state index in [1.807, 2.05) is 0 Å². The molecular formula is C14H24N2O5. The van der Waals surface area contributed by atoms with E-state index in [0.29, 0.717) is 5.92 Å². The highest BCUT2D eigenvalue weighted by Crippen LogP contribution is 2.28. The number of nitrogens with one attached hydrogen (secondary N) is 1. The van der Waals surface area contributed by atoms with Gasteiger partial charge in [-0.15, -0.1) is 0 Å². The highest BCUT2D eigenvalue weighted by atomic mass is 16.4. The first-order valence-electron chi connectivity index (χ1n) is 7.33. The Hall–Kier alpha value is -1.79. The van der Waals surface area contributed by atoms with Crippen molar-refractivity contribution in [2.24, 2.45) is 5.92 Å². The maximum absolute atomic E-state index is 12.0. The van der Waals surface area contributed by atoms with Crippen LogP contribution in [0.5, 0.6) is 0 Å². The van der Waals surface area contributed by atoms with E-state index in [9.17, 15) is 14.4 Å². The van der Waals surface area contributed by atoms with Crippen LogP contribution in [0.1, 0.15) is 45.4 Å². The summed E-state index contributed by atoms with van der Waals surface area (Å²) in [6.45, 7) is 2.16. The lowest BCUT2D eigenvalue weighted by molar-refractivity contribution is -0.145. The minimum atomic E-state index is -1.40. The van der Waals surface area contributed by atoms with Crippen LogP contribution in [-0.2, 0) is 9.59 Å². The van der Waals surface area contributed by atoms with Gasteiger partial charge in [0, 0.05) is 13.1 Å². The Morgan fingerprint density at radius 2 is 1.76 bits per heavy atom. The summed E-state index contributed by atoms with van der Waals surface area (Å²) in [6.07, 6.45) is 4.45. The Morgan fingerprint density at radius 1 is 1.19 bits per heavy atom. The van der Waals surface area contributed by atoms with Gasteiger partial charge in [0.05, 0.1) is 6.42 Å². The molecule has 0 saturated heterocycles. The Balaban J connectivity index is 2.53. The average Bonchev–Trinajstić information content (AvgIpc) is 2.45. The van der Waals surface area contributed by atoms with Gasteiger partial charge >= 0.3 is 18.0 Å². The van der Waals surface area contributed by atoms with Gasteiger partial charge < -0.3 is 20.4 Å². The van der Waals surface area contributed by atoms with Gasteiger partial charge in [-0.25, -0.2) is 9.59 Å². The summed E-state index contributed by atoms with van der Waals surface area (Å²) in [5.41, 5.74) is 0. The number of rotatable bonds is 6. The molecule has 0 aliphatic heterocycles. The number of amides is 2. The first-order chi connectivity index (χ1) is 9.85. The quantitative estimate of drug-likeness (QED) is 0.689. The molecule has 7 heteroatoms. The van der Waals surface area contributed by atoms with Crippen molar-refractivity contribution < 1.29 is 24.6 Å². The normalized spacial score (nSPS) is 23.1. The second kappa shape index (κ2) is 7.85. The van der Waals surface area contributed by atoms with Gasteiger partial charge in [-0.05, 0) is 31.6 Å². The van der Waals surface area contributed by atoms with Gasteiger partial charge in [0.1, 0.15) is 6.04 Å². The van der Waals surface area contributed by atoms with Crippen LogP contribution >= 0.6 is 0 Å². The summed E-state index contributed by atoms with van der Waals surface area (Å²) in [5.74, 6) is -1.89. The largest absolute Gasteiger partial charge is 0.481 e. The van der Waals surface area contributed by atoms with E-state index in [-0.39, 0.29) is 6.04 Å². The summed E-state index contributed by atoms with van der Waals surface area (Å²) >= 11 is 0. The number of urea groups is 1. The second-order valence-electron chi connectivity index (χ2n) is 5.63. The van der Waals surface area contributed by atoms with Crippen LogP contribution in [-0.4, -0.2) is 52.2 Å². The molecule has 1 rings (SSSR count). The molecule has 7 nitrogen and oxygen atoms in total. The highest BCUT2D eigenvalue weighted by Gasteiger charge is 2.29. The van der Waals surface area contributed by atoms with Gasteiger partial charge in [0.2, 0.25) is 0 Å². The van der Waals surface area contributed by atoms with E-state index >= 15 is 0 Å². The fourth-order valence-corrected chi connectivity index (χ4v) is 2.73. The summed E-state index contributed by atoms with van der Waals surface area (Å²) in [5, 5.41) is 19.9. The summed E-state index contributed by atoms with van der Waals surface area (Å²) in [6, 6.07) is -1.83. The molecule has 1 fully saturated rings. The van der Waals surface area contributed by atoms with Gasteiger partial charge in [-0.1, -0.05) is 13.3 Å². The van der Waals surface area contributed by atoms with E-state index < -0.39 is 30.4 Å². The molecule has 0 spiro atoms. The molecule has 0 aromatic heterocycles. The van der Waals surface area contributed by atoms with Gasteiger partial charge in [-0.2, -0.15) is 0 Å². The van der Waals surface area contributed by atoms with Crippen LogP contribution in [0.15, 0.2) is 0 Å². The van der Waals surface area contributed by atoms with Crippen LogP contribution in [0.3, 0.4) is 0 Å². The van der Waals surface area contributed by atoms with E-state index in [1.165, 1.54) is 4.90 Å². The minimum absolute atomic E-state index is 0.0899. The molecular weight excluding hydrogens is 276 g/mol. The molecule has 1 saturated carbocycles. The third kappa shape index (κ3) is 5.24. The molecule has 1 aliphatic carbocycles. The smallest absolute Gasteiger partial charge is 0.326 e. The fourth-order valence-electron chi connectivity index (χ4n) is 2.73. The number of hydrogen-bond acceptors (Lipinski definition) is 3. The predicted molar refractivity (Wildman–Crippen MR) is 76.0 cm³/mol. The third-order valence-electron chi connectivity index (χ3n) is 4.24. The number of carboxylic acids is 2. The summed E-state index contributed by atoms with van der Waals surface area (Å²) in [7, 11) is 1.63. The molecule has 0 radical (unpaired) electrons. The van der Waals surface area contributed by atoms with Crippen molar-refractivity contribution in [3.05, 3.63) is 0 Å². The van der Waals surface area contributed by atoms with Crippen LogP contribution in [0.2, 0.25) is 0 Å². The Kier molecular flexibility index (Phi) is 6.45. The molecule has 2 amide bonds. The van der Waals surface area contributed by atoms with Crippen LogP contribution in [0, 0.1) is 5.92 Å². The lowest BCUT2D eigenvalue weighted by atomic mass is 9.84. The maximum atomic E-state index is 12.0. The van der Waals surface area contributed by atoms with Crippen LogP contribution in [0.25, 0.3) is 0 Å². The van der Waals surface area contributed by atoms with Crippen molar-refractivity contribution in [3.63, 3.8) is 0 Å². The molecule has 0 aromatic carbocycles. The number of carboxylic acid groups (broad SMARTS) is 2. The number of carbonyl (C=O) groups excluding carboxylic acids is 1. The standard InChI is InChI=1S/C14H24N2O5/c1-3-9-4-6-10(7-5-9)16(2)14(21)15-11(13(19)20)8-12(17)18/h9-11H,3-8H2,1-2H3,(H,15,21)(H,17,18)(H,19,20)/t9?,10?,11-/m1/s1. The topological polar surface area (TPSA) is 107 Å². The minimum Gasteiger partial charge on any atom is -0.481 e. The highest BCUT2D eigenvalue weighted by molar-refractivity contribution is 5.86. The van der Waals surface area contributed by atoms with Crippen molar-refractivity contribution in [3.8, 4) is 0 Å². The van der Waals surface area contributed by atoms with Crippen LogP contribution < -0.4 is 5.32 Å². The first kappa shape index (κ1) is 17.3. The average molecular weight is 300 g/mol. The van der Waals surface area contributed by atoms with Crippen molar-refractivity contribution >= 4 is 18.0 Å². The predicted octanol–water partition coefficient (Wildman–Crippen LogP) is 1.52. The van der Waals surface area contributed by atoms with E-state index in [4.69, 9.17) is 10.2 Å². The van der Waals surface area contributed by atoms with E-state index in [1.54, 1.807) is 7.05 Å². The van der Waals surface area contributed by atoms with Crippen molar-refractivity contribution in [2.45, 2.75) is 57.5 Å². The number of aliphatic carboxylic acids is 2. The molecule has 1 atom stereocenters. The van der Waals surface area contributed by atoms with Crippen molar-refractivity contribution in [2.75, 3.05) is 7.05 Å². The SMILES string of the molecule is CCC1CCC(N(C)C(=O)N[C@H](CC(=O)O)C(=O)O)CC1. The number of nitrogens with zero attached hydrogens (tertiary/aromatic N) is 1. The van der Waals surface area contributed by atoms with E-state index in [0.717, 1.165) is 32.1 Å². The number of carbonyl (C=O) groups is 3. The zero-order valence-corrected chi connectivity index (χ0v) is 12.5.